The van der Waals surface area contributed by atoms with Gasteiger partial charge in [-0.2, -0.15) is 5.10 Å². The van der Waals surface area contributed by atoms with Crippen LogP contribution in [-0.4, -0.2) is 25.9 Å². The van der Waals surface area contributed by atoms with Crippen LogP contribution in [0, 0.1) is 0 Å². The van der Waals surface area contributed by atoms with Crippen molar-refractivity contribution in [3.8, 4) is 0 Å². The normalized spacial score (nSPS) is 12.2. The first-order valence-electron chi connectivity index (χ1n) is 5.94. The predicted molar refractivity (Wildman–Crippen MR) is 85.8 cm³/mol. The number of nitrogens with zero attached hydrogens (tertiary/aromatic N) is 3. The van der Waals surface area contributed by atoms with Gasteiger partial charge >= 0.3 is 0 Å². The van der Waals surface area contributed by atoms with Crippen LogP contribution in [0.4, 0.5) is 11.4 Å². The second-order valence-corrected chi connectivity index (χ2v) is 6.42. The number of carbonyl (C=O) groups excluding carboxylic acids is 1. The van der Waals surface area contributed by atoms with Crippen molar-refractivity contribution in [2.75, 3.05) is 11.1 Å². The van der Waals surface area contributed by atoms with E-state index in [-0.39, 0.29) is 11.2 Å². The van der Waals surface area contributed by atoms with Crippen LogP contribution < -0.4 is 11.1 Å². The van der Waals surface area contributed by atoms with E-state index in [4.69, 9.17) is 28.9 Å². The van der Waals surface area contributed by atoms with E-state index in [1.807, 2.05) is 0 Å². The Labute approximate surface area is 136 Å². The Morgan fingerprint density at radius 3 is 2.76 bits per heavy atom. The zero-order valence-electron chi connectivity index (χ0n) is 11.3. The first-order chi connectivity index (χ1) is 9.88. The van der Waals surface area contributed by atoms with Gasteiger partial charge in [-0.25, -0.2) is 9.67 Å². The zero-order valence-corrected chi connectivity index (χ0v) is 13.6. The minimum atomic E-state index is -0.390. The van der Waals surface area contributed by atoms with Crippen molar-refractivity contribution < 1.29 is 4.79 Å². The van der Waals surface area contributed by atoms with Crippen LogP contribution in [0.1, 0.15) is 6.92 Å². The summed E-state index contributed by atoms with van der Waals surface area (Å²) in [6.07, 6.45) is 1.43. The van der Waals surface area contributed by atoms with Gasteiger partial charge in [0.1, 0.15) is 6.33 Å². The number of nitrogen functional groups attached to an aromatic ring is 1. The van der Waals surface area contributed by atoms with Crippen LogP contribution in [-0.2, 0) is 11.8 Å². The minimum absolute atomic E-state index is 0.237. The Morgan fingerprint density at radius 2 is 2.19 bits per heavy atom. The van der Waals surface area contributed by atoms with Gasteiger partial charge in [0.2, 0.25) is 5.91 Å². The third-order valence-corrected chi connectivity index (χ3v) is 4.32. The Morgan fingerprint density at radius 1 is 1.48 bits per heavy atom. The van der Waals surface area contributed by atoms with Crippen LogP contribution in [0.25, 0.3) is 0 Å². The summed E-state index contributed by atoms with van der Waals surface area (Å²) < 4.78 is 1.60. The maximum absolute atomic E-state index is 12.2. The maximum atomic E-state index is 12.2. The lowest BCUT2D eigenvalue weighted by Gasteiger charge is -2.14. The maximum Gasteiger partial charge on any atom is 0.237 e. The number of benzene rings is 1. The van der Waals surface area contributed by atoms with Crippen LogP contribution in [0.15, 0.2) is 23.6 Å². The molecule has 1 aromatic heterocycles. The van der Waals surface area contributed by atoms with Crippen LogP contribution in [0.3, 0.4) is 0 Å². The number of thioether (sulfide) groups is 1. The van der Waals surface area contributed by atoms with Crippen LogP contribution in [0.2, 0.25) is 10.0 Å². The monoisotopic (exact) mass is 345 g/mol. The molecule has 1 heterocycles. The van der Waals surface area contributed by atoms with Crippen molar-refractivity contribution in [3.05, 3.63) is 28.5 Å². The highest BCUT2D eigenvalue weighted by molar-refractivity contribution is 8.00. The fourth-order valence-corrected chi connectivity index (χ4v) is 2.90. The summed E-state index contributed by atoms with van der Waals surface area (Å²) in [4.78, 5) is 16.3. The van der Waals surface area contributed by atoms with Gasteiger partial charge in [0.05, 0.1) is 21.6 Å². The van der Waals surface area contributed by atoms with Gasteiger partial charge in [-0.15, -0.1) is 0 Å². The lowest BCUT2D eigenvalue weighted by atomic mass is 10.2. The third kappa shape index (κ3) is 3.81. The molecule has 1 unspecified atom stereocenters. The summed E-state index contributed by atoms with van der Waals surface area (Å²) in [5.74, 6) is -0.237. The number of aryl methyl sites for hydroxylation is 1. The van der Waals surface area contributed by atoms with Gasteiger partial charge in [-0.3, -0.25) is 4.79 Å². The van der Waals surface area contributed by atoms with Crippen molar-refractivity contribution in [1.82, 2.24) is 14.8 Å². The Balaban J connectivity index is 2.09. The molecule has 0 aliphatic carbocycles. The van der Waals surface area contributed by atoms with E-state index in [1.165, 1.54) is 30.2 Å². The van der Waals surface area contributed by atoms with E-state index in [9.17, 15) is 4.79 Å². The quantitative estimate of drug-likeness (QED) is 0.657. The van der Waals surface area contributed by atoms with Crippen LogP contribution in [0.5, 0.6) is 0 Å². The highest BCUT2D eigenvalue weighted by Gasteiger charge is 2.19. The van der Waals surface area contributed by atoms with Gasteiger partial charge < -0.3 is 11.1 Å². The molecule has 1 aromatic carbocycles. The number of hydrogen-bond donors (Lipinski definition) is 2. The van der Waals surface area contributed by atoms with Gasteiger partial charge in [0, 0.05) is 12.1 Å². The summed E-state index contributed by atoms with van der Waals surface area (Å²) in [6.45, 7) is 1.76. The molecule has 2 aromatic rings. The Hall–Kier alpha value is -1.44. The standard InChI is InChI=1S/C12H13Cl2N5OS/c1-6(21-12-16-5-17-19(12)2)11(20)18-10-8(14)3-7(13)4-9(10)15/h3-6H,15H2,1-2H3,(H,18,20). The molecule has 112 valence electrons. The van der Waals surface area contributed by atoms with Crippen molar-refractivity contribution >= 4 is 52.2 Å². The number of amides is 1. The number of nitrogens with two attached hydrogens (primary N) is 1. The lowest BCUT2D eigenvalue weighted by molar-refractivity contribution is -0.115. The molecule has 1 amide bonds. The van der Waals surface area contributed by atoms with E-state index >= 15 is 0 Å². The number of rotatable bonds is 4. The highest BCUT2D eigenvalue weighted by Crippen LogP contribution is 2.32. The molecule has 6 nitrogen and oxygen atoms in total. The molecule has 0 spiro atoms. The predicted octanol–water partition coefficient (Wildman–Crippen LogP) is 2.82. The number of hydrogen-bond acceptors (Lipinski definition) is 5. The van der Waals surface area contributed by atoms with E-state index in [0.29, 0.717) is 26.6 Å². The van der Waals surface area contributed by atoms with Crippen molar-refractivity contribution in [1.29, 1.82) is 0 Å². The Kier molecular flexibility index (Phi) is 4.97. The average molecular weight is 346 g/mol. The lowest BCUT2D eigenvalue weighted by Crippen LogP contribution is -2.23. The second kappa shape index (κ2) is 6.55. The summed E-state index contributed by atoms with van der Waals surface area (Å²) in [5.41, 5.74) is 6.49. The SMILES string of the molecule is CC(Sc1ncnn1C)C(=O)Nc1c(N)cc(Cl)cc1Cl. The van der Waals surface area contributed by atoms with Gasteiger partial charge in [-0.1, -0.05) is 35.0 Å². The molecule has 2 rings (SSSR count). The minimum Gasteiger partial charge on any atom is -0.397 e. The second-order valence-electron chi connectivity index (χ2n) is 4.27. The molecule has 0 fully saturated rings. The van der Waals surface area contributed by atoms with Gasteiger partial charge in [0.25, 0.3) is 0 Å². The Bertz CT molecular complexity index is 652. The van der Waals surface area contributed by atoms with E-state index in [1.54, 1.807) is 18.7 Å². The molecule has 0 aliphatic heterocycles. The number of halogens is 2. The molecule has 0 aliphatic rings. The zero-order chi connectivity index (χ0) is 15.6. The summed E-state index contributed by atoms with van der Waals surface area (Å²) in [7, 11) is 1.76. The third-order valence-electron chi connectivity index (χ3n) is 2.65. The first kappa shape index (κ1) is 15.9. The summed E-state index contributed by atoms with van der Waals surface area (Å²) in [5, 5.41) is 7.62. The van der Waals surface area contributed by atoms with Crippen molar-refractivity contribution in [3.63, 3.8) is 0 Å². The molecule has 0 saturated heterocycles. The number of carbonyl (C=O) groups is 1. The van der Waals surface area contributed by atoms with Gasteiger partial charge in [0.15, 0.2) is 5.16 Å². The molecule has 0 saturated carbocycles. The van der Waals surface area contributed by atoms with Crippen molar-refractivity contribution in [2.24, 2.45) is 7.05 Å². The van der Waals surface area contributed by atoms with Gasteiger partial charge in [-0.05, 0) is 19.1 Å². The molecule has 1 atom stereocenters. The molecule has 9 heteroatoms. The fraction of sp³-hybridized carbons (Fsp3) is 0.250. The number of anilines is 2. The van der Waals surface area contributed by atoms with E-state index in [0.717, 1.165) is 0 Å². The molecule has 0 radical (unpaired) electrons. The largest absolute Gasteiger partial charge is 0.397 e. The number of nitrogens with one attached hydrogen (secondary N) is 1. The fourth-order valence-electron chi connectivity index (χ4n) is 1.55. The molecule has 21 heavy (non-hydrogen) atoms. The smallest absolute Gasteiger partial charge is 0.237 e. The highest BCUT2D eigenvalue weighted by atomic mass is 35.5. The van der Waals surface area contributed by atoms with Crippen LogP contribution >= 0.6 is 35.0 Å². The molecule has 0 bridgehead atoms. The van der Waals surface area contributed by atoms with E-state index < -0.39 is 0 Å². The molecular formula is C12H13Cl2N5OS. The average Bonchev–Trinajstić information content (AvgIpc) is 2.79. The van der Waals surface area contributed by atoms with Crippen molar-refractivity contribution in [2.45, 2.75) is 17.3 Å². The number of aromatic nitrogens is 3. The first-order valence-corrected chi connectivity index (χ1v) is 7.58. The summed E-state index contributed by atoms with van der Waals surface area (Å²) >= 11 is 13.2. The summed E-state index contributed by atoms with van der Waals surface area (Å²) in [6, 6.07) is 3.05. The molecule has 3 N–H and O–H groups in total. The molecular weight excluding hydrogens is 333 g/mol. The topological polar surface area (TPSA) is 85.8 Å². The van der Waals surface area contributed by atoms with E-state index in [2.05, 4.69) is 15.4 Å².